The molecule has 0 spiro atoms. The van der Waals surface area contributed by atoms with Crippen LogP contribution in [-0.2, 0) is 6.18 Å². The summed E-state index contributed by atoms with van der Waals surface area (Å²) in [4.78, 5) is 17.0. The largest absolute Gasteiger partial charge is 0.416 e. The van der Waals surface area contributed by atoms with Crippen molar-refractivity contribution in [2.75, 3.05) is 0 Å². The maximum Gasteiger partial charge on any atom is 0.416 e. The van der Waals surface area contributed by atoms with Crippen LogP contribution in [0.5, 0.6) is 0 Å². The molecule has 5 aromatic rings. The maximum atomic E-state index is 15.1. The summed E-state index contributed by atoms with van der Waals surface area (Å²) in [6.45, 7) is 1.64. The highest BCUT2D eigenvalue weighted by Gasteiger charge is 2.31. The fourth-order valence-electron chi connectivity index (χ4n) is 3.78. The first-order valence-corrected chi connectivity index (χ1v) is 10.8. The lowest BCUT2D eigenvalue weighted by Crippen LogP contribution is -2.15. The van der Waals surface area contributed by atoms with E-state index in [1.165, 1.54) is 52.0 Å². The van der Waals surface area contributed by atoms with E-state index >= 15 is 4.39 Å². The van der Waals surface area contributed by atoms with Gasteiger partial charge < -0.3 is 0 Å². The molecular weight excluding hydrogens is 474 g/mol. The van der Waals surface area contributed by atoms with Crippen LogP contribution in [0.25, 0.3) is 34.0 Å². The normalized spacial score (nSPS) is 11.6. The van der Waals surface area contributed by atoms with Crippen LogP contribution < -0.4 is 5.43 Å². The van der Waals surface area contributed by atoms with Crippen LogP contribution in [0.3, 0.4) is 0 Å². The Labute approximate surface area is 202 Å². The van der Waals surface area contributed by atoms with Crippen molar-refractivity contribution >= 4 is 0 Å². The van der Waals surface area contributed by atoms with Crippen LogP contribution in [0.4, 0.5) is 17.6 Å². The average molecular weight is 491 g/mol. The SMILES string of the molecule is Cc1cc(-c2nn(-c3ccc(-c4ccccn4)cc3F)ccc2=O)n(-c2cccc(C(F)(F)F)c2)n1. The van der Waals surface area contributed by atoms with Gasteiger partial charge in [0.1, 0.15) is 11.5 Å². The lowest BCUT2D eigenvalue weighted by molar-refractivity contribution is -0.137. The van der Waals surface area contributed by atoms with Crippen LogP contribution in [0, 0.1) is 12.7 Å². The molecule has 2 aromatic carbocycles. The van der Waals surface area contributed by atoms with Gasteiger partial charge >= 0.3 is 6.18 Å². The van der Waals surface area contributed by atoms with Gasteiger partial charge in [-0.05, 0) is 55.5 Å². The van der Waals surface area contributed by atoms with E-state index in [4.69, 9.17) is 0 Å². The number of pyridine rings is 1. The van der Waals surface area contributed by atoms with Gasteiger partial charge in [-0.25, -0.2) is 13.8 Å². The molecule has 5 rings (SSSR count). The van der Waals surface area contributed by atoms with E-state index in [0.29, 0.717) is 17.0 Å². The van der Waals surface area contributed by atoms with E-state index in [9.17, 15) is 18.0 Å². The van der Waals surface area contributed by atoms with Crippen LogP contribution in [0.1, 0.15) is 11.3 Å². The summed E-state index contributed by atoms with van der Waals surface area (Å²) in [6.07, 6.45) is -1.62. The molecule has 0 atom stereocenters. The van der Waals surface area contributed by atoms with Gasteiger partial charge in [0, 0.05) is 24.0 Å². The number of hydrogen-bond acceptors (Lipinski definition) is 4. The number of aryl methyl sites for hydroxylation is 1. The Balaban J connectivity index is 1.60. The van der Waals surface area contributed by atoms with Crippen molar-refractivity contribution in [2.24, 2.45) is 0 Å². The third-order valence-corrected chi connectivity index (χ3v) is 5.46. The Hall–Kier alpha value is -4.60. The summed E-state index contributed by atoms with van der Waals surface area (Å²) in [5.41, 5.74) is 0.546. The topological polar surface area (TPSA) is 65.6 Å². The summed E-state index contributed by atoms with van der Waals surface area (Å²) in [7, 11) is 0. The van der Waals surface area contributed by atoms with E-state index in [1.54, 1.807) is 37.4 Å². The molecule has 0 aliphatic carbocycles. The van der Waals surface area contributed by atoms with Gasteiger partial charge in [0.15, 0.2) is 5.69 Å². The van der Waals surface area contributed by atoms with Gasteiger partial charge in [0.05, 0.1) is 28.3 Å². The second kappa shape index (κ2) is 8.88. The number of nitrogens with zero attached hydrogens (tertiary/aromatic N) is 5. The zero-order valence-electron chi connectivity index (χ0n) is 18.7. The Morgan fingerprint density at radius 3 is 2.44 bits per heavy atom. The highest BCUT2D eigenvalue weighted by Crippen LogP contribution is 2.31. The molecule has 180 valence electrons. The molecule has 6 nitrogen and oxygen atoms in total. The van der Waals surface area contributed by atoms with E-state index in [2.05, 4.69) is 15.2 Å². The Kier molecular flexibility index (Phi) is 5.71. The smallest absolute Gasteiger partial charge is 0.287 e. The second-order valence-electron chi connectivity index (χ2n) is 7.99. The highest BCUT2D eigenvalue weighted by atomic mass is 19.4. The van der Waals surface area contributed by atoms with Crippen molar-refractivity contribution in [3.05, 3.63) is 112 Å². The van der Waals surface area contributed by atoms with Gasteiger partial charge in [0.2, 0.25) is 5.43 Å². The third-order valence-electron chi connectivity index (χ3n) is 5.46. The first kappa shape index (κ1) is 23.2. The third kappa shape index (κ3) is 4.40. The molecule has 0 aliphatic heterocycles. The minimum Gasteiger partial charge on any atom is -0.287 e. The molecule has 36 heavy (non-hydrogen) atoms. The molecule has 0 amide bonds. The van der Waals surface area contributed by atoms with Crippen molar-refractivity contribution in [3.63, 3.8) is 0 Å². The van der Waals surface area contributed by atoms with Gasteiger partial charge in [-0.1, -0.05) is 18.2 Å². The van der Waals surface area contributed by atoms with Gasteiger partial charge in [0.25, 0.3) is 0 Å². The monoisotopic (exact) mass is 491 g/mol. The van der Waals surface area contributed by atoms with Crippen LogP contribution in [0.15, 0.2) is 90.0 Å². The van der Waals surface area contributed by atoms with Crippen molar-refractivity contribution < 1.29 is 17.6 Å². The molecule has 0 bridgehead atoms. The first-order valence-electron chi connectivity index (χ1n) is 10.8. The van der Waals surface area contributed by atoms with Crippen LogP contribution >= 0.6 is 0 Å². The molecular formula is C26H17F4N5O. The minimum absolute atomic E-state index is 0.0813. The van der Waals surface area contributed by atoms with E-state index < -0.39 is 23.0 Å². The molecule has 3 heterocycles. The lowest BCUT2D eigenvalue weighted by atomic mass is 10.1. The number of halogens is 4. The predicted molar refractivity (Wildman–Crippen MR) is 125 cm³/mol. The molecule has 0 saturated carbocycles. The fourth-order valence-corrected chi connectivity index (χ4v) is 3.78. The van der Waals surface area contributed by atoms with E-state index in [1.807, 2.05) is 0 Å². The zero-order valence-corrected chi connectivity index (χ0v) is 18.7. The van der Waals surface area contributed by atoms with Crippen molar-refractivity contribution in [1.82, 2.24) is 24.5 Å². The summed E-state index contributed by atoms with van der Waals surface area (Å²) < 4.78 is 57.3. The number of alkyl halides is 3. The lowest BCUT2D eigenvalue weighted by Gasteiger charge is -2.12. The maximum absolute atomic E-state index is 15.1. The second-order valence-corrected chi connectivity index (χ2v) is 7.99. The summed E-state index contributed by atoms with van der Waals surface area (Å²) in [6, 6.07) is 17.1. The molecule has 0 saturated heterocycles. The van der Waals surface area contributed by atoms with Crippen molar-refractivity contribution in [3.8, 4) is 34.0 Å². The van der Waals surface area contributed by atoms with E-state index in [0.717, 1.165) is 12.1 Å². The van der Waals surface area contributed by atoms with Crippen LogP contribution in [-0.4, -0.2) is 24.5 Å². The number of hydrogen-bond donors (Lipinski definition) is 0. The molecule has 0 aliphatic rings. The Morgan fingerprint density at radius 1 is 0.889 bits per heavy atom. The fraction of sp³-hybridized carbons (Fsp3) is 0.0769. The number of aromatic nitrogens is 5. The molecule has 0 fully saturated rings. The summed E-state index contributed by atoms with van der Waals surface area (Å²) in [5.74, 6) is -0.595. The Bertz CT molecular complexity index is 1620. The molecule has 0 unspecified atom stereocenters. The summed E-state index contributed by atoms with van der Waals surface area (Å²) >= 11 is 0. The number of benzene rings is 2. The Morgan fingerprint density at radius 2 is 1.72 bits per heavy atom. The summed E-state index contributed by atoms with van der Waals surface area (Å²) in [5, 5.41) is 8.58. The predicted octanol–water partition coefficient (Wildman–Crippen LogP) is 5.61. The number of rotatable bonds is 4. The van der Waals surface area contributed by atoms with E-state index in [-0.39, 0.29) is 22.8 Å². The van der Waals surface area contributed by atoms with Crippen molar-refractivity contribution in [2.45, 2.75) is 13.1 Å². The molecule has 0 radical (unpaired) electrons. The quantitative estimate of drug-likeness (QED) is 0.307. The average Bonchev–Trinajstić information content (AvgIpc) is 3.26. The zero-order chi connectivity index (χ0) is 25.4. The standard InChI is InChI=1S/C26H17F4N5O/c1-16-13-23(35(32-16)19-6-4-5-18(15-19)26(28,29)30)25-24(36)10-12-34(33-25)22-9-8-17(14-20(22)27)21-7-2-3-11-31-21/h2-15H,1H3. The van der Waals surface area contributed by atoms with Crippen LogP contribution in [0.2, 0.25) is 0 Å². The minimum atomic E-state index is -4.55. The molecule has 3 aromatic heterocycles. The van der Waals surface area contributed by atoms with Gasteiger partial charge in [-0.2, -0.15) is 23.4 Å². The van der Waals surface area contributed by atoms with Crippen molar-refractivity contribution in [1.29, 1.82) is 0 Å². The molecule has 10 heteroatoms. The van der Waals surface area contributed by atoms with Gasteiger partial charge in [-0.3, -0.25) is 9.78 Å². The highest BCUT2D eigenvalue weighted by molar-refractivity contribution is 5.62. The first-order chi connectivity index (χ1) is 17.2. The van der Waals surface area contributed by atoms with Gasteiger partial charge in [-0.15, -0.1) is 0 Å². The molecule has 0 N–H and O–H groups in total.